The van der Waals surface area contributed by atoms with Crippen LogP contribution in [-0.4, -0.2) is 98.9 Å². The van der Waals surface area contributed by atoms with Gasteiger partial charge in [0.05, 0.1) is 31.8 Å². The van der Waals surface area contributed by atoms with Crippen LogP contribution in [0.15, 0.2) is 59.7 Å². The van der Waals surface area contributed by atoms with Crippen molar-refractivity contribution in [3.05, 3.63) is 72.2 Å². The summed E-state index contributed by atoms with van der Waals surface area (Å²) in [5, 5.41) is 13.5. The zero-order chi connectivity index (χ0) is 34.7. The number of hydrogen-bond acceptors (Lipinski definition) is 9. The fourth-order valence-corrected chi connectivity index (χ4v) is 5.10. The average Bonchev–Trinajstić information content (AvgIpc) is 3.62. The number of amides is 6. The van der Waals surface area contributed by atoms with Crippen LogP contribution in [0.1, 0.15) is 29.7 Å². The number of likely N-dealkylation sites (tertiary alicyclic amines) is 1. The molecular weight excluding hydrogens is 622 g/mol. The molecule has 15 heteroatoms. The monoisotopic (exact) mass is 667 g/mol. The van der Waals surface area contributed by atoms with Crippen molar-refractivity contribution in [2.75, 3.05) is 45.9 Å². The third-order valence-electron chi connectivity index (χ3n) is 7.64. The summed E-state index contributed by atoms with van der Waals surface area (Å²) in [7, 11) is 0. The predicted molar refractivity (Wildman–Crippen MR) is 175 cm³/mol. The highest BCUT2D eigenvalue weighted by Crippen LogP contribution is 2.16. The second kappa shape index (κ2) is 20.3. The van der Waals surface area contributed by atoms with Gasteiger partial charge in [0.25, 0.3) is 0 Å². The number of piperidine rings is 1. The van der Waals surface area contributed by atoms with Crippen LogP contribution in [0.2, 0.25) is 0 Å². The molecule has 260 valence electrons. The lowest BCUT2D eigenvalue weighted by Gasteiger charge is -2.30. The number of nitrogens with one attached hydrogen (secondary N) is 5. The number of rotatable bonds is 20. The van der Waals surface area contributed by atoms with Crippen molar-refractivity contribution in [2.45, 2.75) is 44.3 Å². The number of benzene rings is 1. The average molecular weight is 668 g/mol. The van der Waals surface area contributed by atoms with Crippen molar-refractivity contribution in [3.63, 3.8) is 0 Å². The Morgan fingerprint density at radius 1 is 1.00 bits per heavy atom. The Kier molecular flexibility index (Phi) is 15.8. The van der Waals surface area contributed by atoms with Crippen LogP contribution in [0.5, 0.6) is 0 Å². The molecule has 2 heterocycles. The molecule has 15 nitrogen and oxygen atoms in total. The van der Waals surface area contributed by atoms with Crippen molar-refractivity contribution in [1.29, 1.82) is 0 Å². The summed E-state index contributed by atoms with van der Waals surface area (Å²) >= 11 is 0. The largest absolute Gasteiger partial charge is 0.469 e. The van der Waals surface area contributed by atoms with Gasteiger partial charge in [-0.3, -0.25) is 28.8 Å². The van der Waals surface area contributed by atoms with Gasteiger partial charge in [0.15, 0.2) is 0 Å². The molecule has 1 saturated heterocycles. The summed E-state index contributed by atoms with van der Waals surface area (Å²) in [6, 6.07) is 8.46. The quantitative estimate of drug-likeness (QED) is 0.0574. The molecule has 3 atom stereocenters. The maximum Gasteiger partial charge on any atom is 0.244 e. The van der Waals surface area contributed by atoms with E-state index in [1.54, 1.807) is 41.3 Å². The highest BCUT2D eigenvalue weighted by molar-refractivity contribution is 5.93. The molecular formula is C33H45N7O8. The molecule has 1 fully saturated rings. The summed E-state index contributed by atoms with van der Waals surface area (Å²) in [5.74, 6) is -2.17. The SMILES string of the molecule is C=CC(=O)N[C@@H](CNC(=O)Cc1ccccc1CNC(=O)[C@H](Cc1ccco1)NC(=O)[C@@H]1CCCN(C=O)C1)C(=O)NCCOCCN. The summed E-state index contributed by atoms with van der Waals surface area (Å²) in [6.07, 6.45) is 4.59. The van der Waals surface area contributed by atoms with E-state index in [4.69, 9.17) is 14.9 Å². The van der Waals surface area contributed by atoms with Gasteiger partial charge in [-0.05, 0) is 42.2 Å². The number of nitrogens with zero attached hydrogens (tertiary/aromatic N) is 1. The van der Waals surface area contributed by atoms with Crippen LogP contribution >= 0.6 is 0 Å². The fraction of sp³-hybridized carbons (Fsp3) is 0.455. The lowest BCUT2D eigenvalue weighted by Crippen LogP contribution is -2.53. The summed E-state index contributed by atoms with van der Waals surface area (Å²) in [4.78, 5) is 76.8. The molecule has 7 N–H and O–H groups in total. The molecule has 6 amide bonds. The molecule has 0 aliphatic carbocycles. The first-order valence-electron chi connectivity index (χ1n) is 15.9. The third-order valence-corrected chi connectivity index (χ3v) is 7.64. The Balaban J connectivity index is 1.59. The first-order valence-corrected chi connectivity index (χ1v) is 15.9. The van der Waals surface area contributed by atoms with E-state index in [0.717, 1.165) is 12.5 Å². The molecule has 1 aliphatic rings. The maximum absolute atomic E-state index is 13.4. The second-order valence-corrected chi connectivity index (χ2v) is 11.2. The van der Waals surface area contributed by atoms with Crippen molar-refractivity contribution < 1.29 is 37.9 Å². The molecule has 48 heavy (non-hydrogen) atoms. The summed E-state index contributed by atoms with van der Waals surface area (Å²) < 4.78 is 10.7. The van der Waals surface area contributed by atoms with E-state index in [0.29, 0.717) is 49.4 Å². The molecule has 0 saturated carbocycles. The maximum atomic E-state index is 13.4. The van der Waals surface area contributed by atoms with Crippen LogP contribution in [0.3, 0.4) is 0 Å². The van der Waals surface area contributed by atoms with Gasteiger partial charge in [0.1, 0.15) is 17.8 Å². The van der Waals surface area contributed by atoms with E-state index < -0.39 is 41.6 Å². The van der Waals surface area contributed by atoms with Crippen LogP contribution in [0.4, 0.5) is 0 Å². The number of furan rings is 1. The molecule has 2 aromatic rings. The zero-order valence-corrected chi connectivity index (χ0v) is 26.9. The highest BCUT2D eigenvalue weighted by atomic mass is 16.5. The minimum absolute atomic E-state index is 0.0653. The molecule has 0 radical (unpaired) electrons. The number of ether oxygens (including phenoxy) is 1. The second-order valence-electron chi connectivity index (χ2n) is 11.2. The van der Waals surface area contributed by atoms with Crippen LogP contribution in [0, 0.1) is 5.92 Å². The number of hydrogen-bond donors (Lipinski definition) is 6. The number of carbonyl (C=O) groups is 6. The van der Waals surface area contributed by atoms with E-state index in [2.05, 4.69) is 33.2 Å². The fourth-order valence-electron chi connectivity index (χ4n) is 5.10. The van der Waals surface area contributed by atoms with Crippen molar-refractivity contribution >= 4 is 35.9 Å². The normalized spacial score (nSPS) is 15.4. The van der Waals surface area contributed by atoms with E-state index in [-0.39, 0.29) is 51.5 Å². The van der Waals surface area contributed by atoms with Gasteiger partial charge < -0.3 is 46.4 Å². The molecule has 1 aromatic heterocycles. The van der Waals surface area contributed by atoms with Gasteiger partial charge in [-0.1, -0.05) is 30.8 Å². The van der Waals surface area contributed by atoms with Crippen molar-refractivity contribution in [2.24, 2.45) is 11.7 Å². The van der Waals surface area contributed by atoms with Crippen molar-refractivity contribution in [1.82, 2.24) is 31.5 Å². The topological polar surface area (TPSA) is 214 Å². The molecule has 0 bridgehead atoms. The lowest BCUT2D eigenvalue weighted by atomic mass is 9.97. The Bertz CT molecular complexity index is 1380. The molecule has 0 spiro atoms. The van der Waals surface area contributed by atoms with Gasteiger partial charge in [0.2, 0.25) is 35.9 Å². The predicted octanol–water partition coefficient (Wildman–Crippen LogP) is -1.09. The molecule has 3 rings (SSSR count). The van der Waals surface area contributed by atoms with Crippen LogP contribution in [0.25, 0.3) is 0 Å². The van der Waals surface area contributed by atoms with E-state index in [9.17, 15) is 28.8 Å². The standard InChI is InChI=1S/C33H45N7O8/c1-2-29(42)38-28(33(46)35-12-16-47-15-11-34)20-36-30(43)17-23-7-3-4-8-24(23)19-37-32(45)27(18-26-10-6-14-48-26)39-31(44)25-9-5-13-40(21-25)22-41/h2-4,6-8,10,14,22,25,27-28H,1,5,9,11-13,15-21,34H2,(H,35,46)(H,36,43)(H,37,45)(H,38,42)(H,39,44)/t25-,27+,28+/m1/s1. The van der Waals surface area contributed by atoms with Crippen molar-refractivity contribution in [3.8, 4) is 0 Å². The van der Waals surface area contributed by atoms with Gasteiger partial charge in [-0.15, -0.1) is 0 Å². The van der Waals surface area contributed by atoms with E-state index in [1.807, 2.05) is 0 Å². The van der Waals surface area contributed by atoms with Crippen LogP contribution < -0.4 is 32.3 Å². The van der Waals surface area contributed by atoms with E-state index in [1.165, 1.54) is 6.26 Å². The van der Waals surface area contributed by atoms with Gasteiger partial charge in [0, 0.05) is 45.7 Å². The molecule has 1 aromatic carbocycles. The van der Waals surface area contributed by atoms with Gasteiger partial charge in [-0.2, -0.15) is 0 Å². The first kappa shape index (κ1) is 37.4. The lowest BCUT2D eigenvalue weighted by molar-refractivity contribution is -0.133. The number of carbonyl (C=O) groups excluding carboxylic acids is 6. The molecule has 0 unspecified atom stereocenters. The van der Waals surface area contributed by atoms with Gasteiger partial charge >= 0.3 is 0 Å². The Hall–Kier alpha value is -5.02. The Morgan fingerprint density at radius 3 is 2.48 bits per heavy atom. The minimum Gasteiger partial charge on any atom is -0.469 e. The Morgan fingerprint density at radius 2 is 1.77 bits per heavy atom. The first-order chi connectivity index (χ1) is 23.2. The van der Waals surface area contributed by atoms with E-state index >= 15 is 0 Å². The third kappa shape index (κ3) is 12.6. The highest BCUT2D eigenvalue weighted by Gasteiger charge is 2.30. The minimum atomic E-state index is -1.06. The van der Waals surface area contributed by atoms with Crippen LogP contribution in [-0.2, 0) is 52.9 Å². The smallest absolute Gasteiger partial charge is 0.244 e. The van der Waals surface area contributed by atoms with Gasteiger partial charge in [-0.25, -0.2) is 0 Å². The summed E-state index contributed by atoms with van der Waals surface area (Å²) in [6.45, 7) is 5.30. The molecule has 1 aliphatic heterocycles. The zero-order valence-electron chi connectivity index (χ0n) is 26.9. The number of nitrogens with two attached hydrogens (primary N) is 1. The summed E-state index contributed by atoms with van der Waals surface area (Å²) in [5.41, 5.74) is 6.68. The Labute approximate surface area is 279 Å².